The lowest BCUT2D eigenvalue weighted by Gasteiger charge is -2.05. The van der Waals surface area contributed by atoms with Gasteiger partial charge in [0.05, 0.1) is 5.56 Å². The molecule has 130 valence electrons. The summed E-state index contributed by atoms with van der Waals surface area (Å²) < 4.78 is 0. The minimum atomic E-state index is -0.435. The maximum absolute atomic E-state index is 12.2. The maximum atomic E-state index is 12.2. The van der Waals surface area contributed by atoms with E-state index in [0.717, 1.165) is 23.6 Å². The van der Waals surface area contributed by atoms with Crippen LogP contribution in [0.3, 0.4) is 0 Å². The summed E-state index contributed by atoms with van der Waals surface area (Å²) >= 11 is 0. The number of rotatable bonds is 6. The molecule has 1 amide bonds. The lowest BCUT2D eigenvalue weighted by molar-refractivity contribution is 0.0952. The summed E-state index contributed by atoms with van der Waals surface area (Å²) in [6, 6.07) is 10.8. The molecule has 0 aliphatic carbocycles. The van der Waals surface area contributed by atoms with Gasteiger partial charge in [-0.3, -0.25) is 4.79 Å². The van der Waals surface area contributed by atoms with Crippen molar-refractivity contribution in [3.8, 4) is 5.75 Å². The summed E-state index contributed by atoms with van der Waals surface area (Å²) in [6.07, 6.45) is 7.58. The van der Waals surface area contributed by atoms with E-state index >= 15 is 0 Å². The second kappa shape index (κ2) is 8.83. The van der Waals surface area contributed by atoms with Crippen molar-refractivity contribution in [1.29, 1.82) is 0 Å². The first kappa shape index (κ1) is 18.5. The zero-order valence-electron chi connectivity index (χ0n) is 14.9. The van der Waals surface area contributed by atoms with E-state index in [1.165, 1.54) is 11.1 Å². The van der Waals surface area contributed by atoms with Crippen LogP contribution in [-0.4, -0.2) is 17.2 Å². The van der Waals surface area contributed by atoms with Crippen molar-refractivity contribution in [1.82, 2.24) is 5.43 Å². The van der Waals surface area contributed by atoms with Crippen molar-refractivity contribution in [3.63, 3.8) is 0 Å². The second-order valence-corrected chi connectivity index (χ2v) is 6.27. The summed E-state index contributed by atoms with van der Waals surface area (Å²) in [6.45, 7) is 6.19. The molecular formula is C21H24N2O2. The highest BCUT2D eigenvalue weighted by molar-refractivity contribution is 6.01. The number of fused-ring (bicyclic) bond motifs is 1. The van der Waals surface area contributed by atoms with Gasteiger partial charge < -0.3 is 5.11 Å². The van der Waals surface area contributed by atoms with Gasteiger partial charge in [0.25, 0.3) is 5.91 Å². The van der Waals surface area contributed by atoms with Crippen LogP contribution in [0, 0.1) is 0 Å². The zero-order chi connectivity index (χ0) is 18.2. The molecule has 0 aromatic heterocycles. The topological polar surface area (TPSA) is 61.7 Å². The molecule has 0 atom stereocenters. The van der Waals surface area contributed by atoms with E-state index in [9.17, 15) is 9.90 Å². The van der Waals surface area contributed by atoms with Crippen LogP contribution in [0.15, 0.2) is 64.8 Å². The molecule has 0 saturated carbocycles. The number of nitrogens with one attached hydrogen (secondary N) is 1. The molecule has 0 bridgehead atoms. The average molecular weight is 336 g/mol. The molecule has 2 aromatic carbocycles. The van der Waals surface area contributed by atoms with Gasteiger partial charge in [0, 0.05) is 6.21 Å². The van der Waals surface area contributed by atoms with E-state index in [1.807, 2.05) is 37.3 Å². The molecule has 0 aliphatic rings. The fourth-order valence-electron chi connectivity index (χ4n) is 2.40. The summed E-state index contributed by atoms with van der Waals surface area (Å²) in [5.74, 6) is -0.491. The molecule has 4 nitrogen and oxygen atoms in total. The number of nitrogens with zero attached hydrogens (tertiary/aromatic N) is 1. The van der Waals surface area contributed by atoms with Crippen LogP contribution in [0.25, 0.3) is 10.8 Å². The first-order valence-electron chi connectivity index (χ1n) is 8.31. The standard InChI is InChI=1S/C21H24N2O2/c1-15(2)7-6-8-16(3)11-12-22-23-21(25)19-13-17-9-4-5-10-18(17)14-20(19)24/h4-5,7,9-14,24H,6,8H2,1-3H3,(H,23,25)/b16-11+,22-12-. The fourth-order valence-corrected chi connectivity index (χ4v) is 2.40. The van der Waals surface area contributed by atoms with Gasteiger partial charge in [-0.1, -0.05) is 41.5 Å². The first-order chi connectivity index (χ1) is 12.0. The normalized spacial score (nSPS) is 11.7. The Morgan fingerprint density at radius 1 is 1.16 bits per heavy atom. The van der Waals surface area contributed by atoms with Gasteiger partial charge in [-0.25, -0.2) is 5.43 Å². The van der Waals surface area contributed by atoms with Crippen molar-refractivity contribution >= 4 is 22.9 Å². The summed E-state index contributed by atoms with van der Waals surface area (Å²) in [5, 5.41) is 15.7. The van der Waals surface area contributed by atoms with Crippen LogP contribution in [0.2, 0.25) is 0 Å². The van der Waals surface area contributed by atoms with Crippen LogP contribution in [-0.2, 0) is 0 Å². The van der Waals surface area contributed by atoms with Crippen molar-refractivity contribution in [2.24, 2.45) is 5.10 Å². The fraction of sp³-hybridized carbons (Fsp3) is 0.238. The minimum absolute atomic E-state index is 0.0557. The molecule has 0 saturated heterocycles. The Labute approximate surface area is 148 Å². The second-order valence-electron chi connectivity index (χ2n) is 6.27. The zero-order valence-corrected chi connectivity index (χ0v) is 14.9. The average Bonchev–Trinajstić information content (AvgIpc) is 2.57. The highest BCUT2D eigenvalue weighted by Gasteiger charge is 2.11. The van der Waals surface area contributed by atoms with Crippen molar-refractivity contribution in [2.45, 2.75) is 33.6 Å². The van der Waals surface area contributed by atoms with E-state index < -0.39 is 5.91 Å². The molecule has 2 aromatic rings. The number of benzene rings is 2. The van der Waals surface area contributed by atoms with Gasteiger partial charge in [-0.2, -0.15) is 5.10 Å². The molecule has 2 N–H and O–H groups in total. The number of hydrazone groups is 1. The number of aromatic hydroxyl groups is 1. The lowest BCUT2D eigenvalue weighted by atomic mass is 10.1. The van der Waals surface area contributed by atoms with Gasteiger partial charge in [0.1, 0.15) is 5.75 Å². The highest BCUT2D eigenvalue weighted by atomic mass is 16.3. The lowest BCUT2D eigenvalue weighted by Crippen LogP contribution is -2.17. The van der Waals surface area contributed by atoms with Gasteiger partial charge in [0.2, 0.25) is 0 Å². The number of phenols is 1. The van der Waals surface area contributed by atoms with Crippen LogP contribution < -0.4 is 5.43 Å². The summed E-state index contributed by atoms with van der Waals surface area (Å²) in [5.41, 5.74) is 5.15. The number of carbonyl (C=O) groups excluding carboxylic acids is 1. The Bertz CT molecular complexity index is 844. The van der Waals surface area contributed by atoms with Crippen LogP contribution in [0.4, 0.5) is 0 Å². The third-order valence-corrected chi connectivity index (χ3v) is 3.80. The summed E-state index contributed by atoms with van der Waals surface area (Å²) in [4.78, 5) is 12.2. The number of phenolic OH excluding ortho intramolecular Hbond substituents is 1. The number of hydrogen-bond acceptors (Lipinski definition) is 3. The predicted molar refractivity (Wildman–Crippen MR) is 104 cm³/mol. The maximum Gasteiger partial charge on any atom is 0.275 e. The van der Waals surface area contributed by atoms with E-state index in [4.69, 9.17) is 0 Å². The molecule has 0 unspecified atom stereocenters. The van der Waals surface area contributed by atoms with E-state index in [2.05, 4.69) is 30.5 Å². The molecule has 2 rings (SSSR count). The molecular weight excluding hydrogens is 312 g/mol. The van der Waals surface area contributed by atoms with E-state index in [0.29, 0.717) is 0 Å². The van der Waals surface area contributed by atoms with E-state index in [1.54, 1.807) is 18.3 Å². The molecule has 4 heteroatoms. The third-order valence-electron chi connectivity index (χ3n) is 3.80. The molecule has 0 spiro atoms. The Morgan fingerprint density at radius 2 is 1.84 bits per heavy atom. The SMILES string of the molecule is CC(C)=CCC/C(C)=C/C=N\NC(=O)c1cc2ccccc2cc1O. The van der Waals surface area contributed by atoms with Crippen molar-refractivity contribution in [3.05, 3.63) is 65.3 Å². The van der Waals surface area contributed by atoms with Crippen LogP contribution in [0.5, 0.6) is 5.75 Å². The van der Waals surface area contributed by atoms with E-state index in [-0.39, 0.29) is 11.3 Å². The van der Waals surface area contributed by atoms with Gasteiger partial charge in [-0.15, -0.1) is 0 Å². The van der Waals surface area contributed by atoms with Gasteiger partial charge >= 0.3 is 0 Å². The smallest absolute Gasteiger partial charge is 0.275 e. The largest absolute Gasteiger partial charge is 0.507 e. The molecule has 0 radical (unpaired) electrons. The quantitative estimate of drug-likeness (QED) is 0.445. The number of carbonyl (C=O) groups is 1. The number of hydrogen-bond donors (Lipinski definition) is 2. The van der Waals surface area contributed by atoms with Gasteiger partial charge in [-0.05, 0) is 62.6 Å². The number of allylic oxidation sites excluding steroid dienone is 4. The summed E-state index contributed by atoms with van der Waals surface area (Å²) in [7, 11) is 0. The minimum Gasteiger partial charge on any atom is -0.507 e. The van der Waals surface area contributed by atoms with Crippen molar-refractivity contribution in [2.75, 3.05) is 0 Å². The Kier molecular flexibility index (Phi) is 6.52. The van der Waals surface area contributed by atoms with Gasteiger partial charge in [0.15, 0.2) is 0 Å². The Hall–Kier alpha value is -2.88. The Morgan fingerprint density at radius 3 is 2.52 bits per heavy atom. The predicted octanol–water partition coefficient (Wildman–Crippen LogP) is 4.95. The molecule has 25 heavy (non-hydrogen) atoms. The molecule has 0 aliphatic heterocycles. The molecule has 0 heterocycles. The molecule has 0 fully saturated rings. The Balaban J connectivity index is 1.98. The third kappa shape index (κ3) is 5.60. The van der Waals surface area contributed by atoms with Crippen molar-refractivity contribution < 1.29 is 9.90 Å². The van der Waals surface area contributed by atoms with Crippen LogP contribution in [0.1, 0.15) is 44.0 Å². The number of amides is 1. The highest BCUT2D eigenvalue weighted by Crippen LogP contribution is 2.24. The van der Waals surface area contributed by atoms with Crippen LogP contribution >= 0.6 is 0 Å². The first-order valence-corrected chi connectivity index (χ1v) is 8.31. The monoisotopic (exact) mass is 336 g/mol.